The van der Waals surface area contributed by atoms with E-state index in [1.54, 1.807) is 0 Å². The lowest BCUT2D eigenvalue weighted by Crippen LogP contribution is -2.39. The molecule has 17 heavy (non-hydrogen) atoms. The number of nitrogens with one attached hydrogen (secondary N) is 1. The second-order valence-corrected chi connectivity index (χ2v) is 4.67. The van der Waals surface area contributed by atoms with Crippen LogP contribution in [-0.4, -0.2) is 24.4 Å². The summed E-state index contributed by atoms with van der Waals surface area (Å²) in [5, 5.41) is 0.729. The molecule has 0 saturated carbocycles. The molecular formula is C12H18ClN3O. The van der Waals surface area contributed by atoms with Crippen molar-refractivity contribution in [3.8, 4) is 0 Å². The molecule has 1 unspecified atom stereocenters. The van der Waals surface area contributed by atoms with Crippen molar-refractivity contribution in [1.82, 2.24) is 10.3 Å². The summed E-state index contributed by atoms with van der Waals surface area (Å²) in [6.45, 7) is 3.28. The van der Waals surface area contributed by atoms with E-state index in [1.807, 2.05) is 38.2 Å². The van der Waals surface area contributed by atoms with Gasteiger partial charge in [0.25, 0.3) is 0 Å². The molecule has 0 fully saturated rings. The Kier molecular flexibility index (Phi) is 5.41. The number of hydrazine groups is 1. The van der Waals surface area contributed by atoms with Gasteiger partial charge in [0.15, 0.2) is 0 Å². The van der Waals surface area contributed by atoms with E-state index in [0.29, 0.717) is 6.54 Å². The normalized spacial score (nSPS) is 12.5. The van der Waals surface area contributed by atoms with Gasteiger partial charge in [0.05, 0.1) is 0 Å². The fourth-order valence-corrected chi connectivity index (χ4v) is 1.78. The third-order valence-corrected chi connectivity index (χ3v) is 2.79. The number of halogens is 1. The van der Waals surface area contributed by atoms with Gasteiger partial charge in [-0.1, -0.05) is 30.7 Å². The minimum absolute atomic E-state index is 0.127. The number of carbonyl (C=O) groups is 1. The minimum atomic E-state index is -0.145. The average molecular weight is 256 g/mol. The summed E-state index contributed by atoms with van der Waals surface area (Å²) >= 11 is 5.81. The van der Waals surface area contributed by atoms with Crippen molar-refractivity contribution in [2.45, 2.75) is 13.5 Å². The van der Waals surface area contributed by atoms with Crippen LogP contribution in [0.3, 0.4) is 0 Å². The summed E-state index contributed by atoms with van der Waals surface area (Å²) in [4.78, 5) is 13.3. The van der Waals surface area contributed by atoms with Crippen molar-refractivity contribution < 1.29 is 4.79 Å². The van der Waals surface area contributed by atoms with Crippen molar-refractivity contribution in [3.05, 3.63) is 34.9 Å². The second-order valence-electron chi connectivity index (χ2n) is 4.23. The molecule has 1 aromatic carbocycles. The molecule has 1 aromatic rings. The van der Waals surface area contributed by atoms with Gasteiger partial charge in [0, 0.05) is 24.0 Å². The maximum atomic E-state index is 11.3. The molecule has 0 radical (unpaired) electrons. The topological polar surface area (TPSA) is 58.4 Å². The summed E-state index contributed by atoms with van der Waals surface area (Å²) in [6, 6.07) is 7.68. The number of nitrogens with two attached hydrogens (primary N) is 1. The minimum Gasteiger partial charge on any atom is -0.301 e. The van der Waals surface area contributed by atoms with Crippen LogP contribution in [-0.2, 0) is 11.3 Å². The summed E-state index contributed by atoms with van der Waals surface area (Å²) < 4.78 is 0. The Bertz CT molecular complexity index is 367. The summed E-state index contributed by atoms with van der Waals surface area (Å²) in [7, 11) is 1.97. The molecule has 1 rings (SSSR count). The molecule has 5 heteroatoms. The van der Waals surface area contributed by atoms with Gasteiger partial charge in [-0.25, -0.2) is 5.84 Å². The van der Waals surface area contributed by atoms with Gasteiger partial charge >= 0.3 is 0 Å². The van der Waals surface area contributed by atoms with Gasteiger partial charge in [0.1, 0.15) is 0 Å². The molecule has 1 atom stereocenters. The maximum absolute atomic E-state index is 11.3. The van der Waals surface area contributed by atoms with Crippen LogP contribution >= 0.6 is 11.6 Å². The predicted molar refractivity (Wildman–Crippen MR) is 69.3 cm³/mol. The van der Waals surface area contributed by atoms with Crippen molar-refractivity contribution >= 4 is 17.5 Å². The highest BCUT2D eigenvalue weighted by atomic mass is 35.5. The molecule has 0 aliphatic carbocycles. The zero-order valence-electron chi connectivity index (χ0n) is 10.1. The van der Waals surface area contributed by atoms with Crippen molar-refractivity contribution in [1.29, 1.82) is 0 Å². The Labute approximate surface area is 107 Å². The highest BCUT2D eigenvalue weighted by Gasteiger charge is 2.13. The first-order valence-electron chi connectivity index (χ1n) is 5.46. The first kappa shape index (κ1) is 14.0. The summed E-state index contributed by atoms with van der Waals surface area (Å²) in [5.74, 6) is 4.81. The number of hydrogen-bond acceptors (Lipinski definition) is 3. The highest BCUT2D eigenvalue weighted by molar-refractivity contribution is 6.30. The van der Waals surface area contributed by atoms with E-state index in [1.165, 1.54) is 0 Å². The molecule has 0 aromatic heterocycles. The lowest BCUT2D eigenvalue weighted by molar-refractivity contribution is -0.125. The summed E-state index contributed by atoms with van der Waals surface area (Å²) in [5.41, 5.74) is 3.32. The third kappa shape index (κ3) is 4.73. The largest absolute Gasteiger partial charge is 0.301 e. The van der Waals surface area contributed by atoms with Crippen molar-refractivity contribution in [2.24, 2.45) is 11.8 Å². The zero-order valence-corrected chi connectivity index (χ0v) is 10.9. The van der Waals surface area contributed by atoms with Crippen molar-refractivity contribution in [3.63, 3.8) is 0 Å². The molecule has 0 bridgehead atoms. The van der Waals surface area contributed by atoms with Gasteiger partial charge < -0.3 is 4.90 Å². The number of benzene rings is 1. The van der Waals surface area contributed by atoms with E-state index in [9.17, 15) is 4.79 Å². The van der Waals surface area contributed by atoms with Crippen LogP contribution in [0, 0.1) is 5.92 Å². The quantitative estimate of drug-likeness (QED) is 0.475. The average Bonchev–Trinajstić information content (AvgIpc) is 2.30. The molecular weight excluding hydrogens is 238 g/mol. The molecule has 4 nitrogen and oxygen atoms in total. The third-order valence-electron chi connectivity index (χ3n) is 2.54. The van der Waals surface area contributed by atoms with Gasteiger partial charge in [-0.3, -0.25) is 10.2 Å². The fraction of sp³-hybridized carbons (Fsp3) is 0.417. The van der Waals surface area contributed by atoms with E-state index >= 15 is 0 Å². The molecule has 94 valence electrons. The predicted octanol–water partition coefficient (Wildman–Crippen LogP) is 1.40. The molecule has 0 spiro atoms. The lowest BCUT2D eigenvalue weighted by atomic mass is 10.1. The van der Waals surface area contributed by atoms with E-state index < -0.39 is 0 Å². The number of hydrogen-bond donors (Lipinski definition) is 2. The van der Waals surface area contributed by atoms with Gasteiger partial charge in [-0.2, -0.15) is 0 Å². The van der Waals surface area contributed by atoms with Crippen LogP contribution in [0.2, 0.25) is 5.02 Å². The van der Waals surface area contributed by atoms with Crippen molar-refractivity contribution in [2.75, 3.05) is 13.6 Å². The molecule has 0 aliphatic rings. The Morgan fingerprint density at radius 2 is 2.06 bits per heavy atom. The van der Waals surface area contributed by atoms with Crippen LogP contribution < -0.4 is 11.3 Å². The Balaban J connectivity index is 2.46. The van der Waals surface area contributed by atoms with Gasteiger partial charge in [0.2, 0.25) is 5.91 Å². The SMILES string of the molecule is CC(CN(C)Cc1ccc(Cl)cc1)C(=O)NN. The Morgan fingerprint density at radius 3 is 2.59 bits per heavy atom. The number of nitrogens with zero attached hydrogens (tertiary/aromatic N) is 1. The highest BCUT2D eigenvalue weighted by Crippen LogP contribution is 2.11. The van der Waals surface area contributed by atoms with Crippen LogP contribution in [0.25, 0.3) is 0 Å². The van der Waals surface area contributed by atoms with Crippen LogP contribution in [0.1, 0.15) is 12.5 Å². The Morgan fingerprint density at radius 1 is 1.47 bits per heavy atom. The molecule has 0 saturated heterocycles. The summed E-state index contributed by atoms with van der Waals surface area (Å²) in [6.07, 6.45) is 0. The number of amides is 1. The van der Waals surface area contributed by atoms with E-state index in [0.717, 1.165) is 17.1 Å². The van der Waals surface area contributed by atoms with E-state index in [4.69, 9.17) is 17.4 Å². The Hall–Kier alpha value is -1.10. The van der Waals surface area contributed by atoms with Gasteiger partial charge in [-0.05, 0) is 24.7 Å². The fourth-order valence-electron chi connectivity index (χ4n) is 1.66. The molecule has 1 amide bonds. The first-order valence-corrected chi connectivity index (χ1v) is 5.84. The molecule has 0 aliphatic heterocycles. The van der Waals surface area contributed by atoms with Crippen LogP contribution in [0.5, 0.6) is 0 Å². The number of rotatable bonds is 5. The molecule has 0 heterocycles. The monoisotopic (exact) mass is 255 g/mol. The number of carbonyl (C=O) groups excluding carboxylic acids is 1. The second kappa shape index (κ2) is 6.59. The maximum Gasteiger partial charge on any atom is 0.237 e. The lowest BCUT2D eigenvalue weighted by Gasteiger charge is -2.20. The van der Waals surface area contributed by atoms with Gasteiger partial charge in [-0.15, -0.1) is 0 Å². The van der Waals surface area contributed by atoms with E-state index in [-0.39, 0.29) is 11.8 Å². The standard InChI is InChI=1S/C12H18ClN3O/c1-9(12(17)15-14)7-16(2)8-10-3-5-11(13)6-4-10/h3-6,9H,7-8,14H2,1-2H3,(H,15,17). The molecule has 3 N–H and O–H groups in total. The van der Waals surface area contributed by atoms with Crippen LogP contribution in [0.15, 0.2) is 24.3 Å². The smallest absolute Gasteiger partial charge is 0.237 e. The zero-order chi connectivity index (χ0) is 12.8. The van der Waals surface area contributed by atoms with E-state index in [2.05, 4.69) is 10.3 Å². The van der Waals surface area contributed by atoms with Crippen LogP contribution in [0.4, 0.5) is 0 Å². The first-order chi connectivity index (χ1) is 8.02.